The number of nitrogens with one attached hydrogen (secondary N) is 1. The Hall–Kier alpha value is -2.55. The summed E-state index contributed by atoms with van der Waals surface area (Å²) in [5, 5.41) is 7.70. The van der Waals surface area contributed by atoms with Gasteiger partial charge < -0.3 is 15.0 Å². The quantitative estimate of drug-likeness (QED) is 0.325. The highest BCUT2D eigenvalue weighted by Crippen LogP contribution is 2.18. The van der Waals surface area contributed by atoms with Gasteiger partial charge in [-0.25, -0.2) is 4.68 Å². The highest BCUT2D eigenvalue weighted by molar-refractivity contribution is 14.0. The predicted octanol–water partition coefficient (Wildman–Crippen LogP) is 3.71. The van der Waals surface area contributed by atoms with E-state index in [0.717, 1.165) is 28.5 Å². The first-order valence-corrected chi connectivity index (χ1v) is 8.84. The molecule has 1 N–H and O–H groups in total. The van der Waals surface area contributed by atoms with E-state index in [2.05, 4.69) is 38.5 Å². The van der Waals surface area contributed by atoms with Crippen LogP contribution in [0.1, 0.15) is 11.1 Å². The van der Waals surface area contributed by atoms with Gasteiger partial charge in [-0.1, -0.05) is 30.3 Å². The van der Waals surface area contributed by atoms with Crippen LogP contribution in [0.3, 0.4) is 0 Å². The molecule has 0 fully saturated rings. The molecule has 0 saturated heterocycles. The van der Waals surface area contributed by atoms with Crippen LogP contribution in [0, 0.1) is 0 Å². The van der Waals surface area contributed by atoms with Gasteiger partial charge in [0.25, 0.3) is 0 Å². The highest BCUT2D eigenvalue weighted by Gasteiger charge is 2.10. The van der Waals surface area contributed by atoms with Crippen molar-refractivity contribution in [1.29, 1.82) is 0 Å². The molecule has 3 aromatic rings. The number of rotatable bonds is 6. The summed E-state index contributed by atoms with van der Waals surface area (Å²) in [5.74, 6) is 1.71. The fraction of sp³-hybridized carbons (Fsp3) is 0.238. The third-order valence-corrected chi connectivity index (χ3v) is 4.30. The maximum Gasteiger partial charge on any atom is 0.193 e. The number of benzene rings is 2. The molecular weight excluding hydrogens is 465 g/mol. The molecule has 7 heteroatoms. The monoisotopic (exact) mass is 491 g/mol. The summed E-state index contributed by atoms with van der Waals surface area (Å²) >= 11 is 0. The summed E-state index contributed by atoms with van der Waals surface area (Å²) in [6, 6.07) is 18.2. The summed E-state index contributed by atoms with van der Waals surface area (Å²) in [4.78, 5) is 6.48. The Bertz CT molecular complexity index is 895. The molecule has 0 radical (unpaired) electrons. The molecule has 0 amide bonds. The Balaban J connectivity index is 0.00000280. The Labute approximate surface area is 183 Å². The van der Waals surface area contributed by atoms with Crippen molar-refractivity contribution in [2.45, 2.75) is 13.1 Å². The summed E-state index contributed by atoms with van der Waals surface area (Å²) in [6.45, 7) is 1.38. The first-order chi connectivity index (χ1) is 13.2. The summed E-state index contributed by atoms with van der Waals surface area (Å²) in [7, 11) is 5.50. The Morgan fingerprint density at radius 1 is 1.18 bits per heavy atom. The maximum absolute atomic E-state index is 5.44. The third-order valence-electron chi connectivity index (χ3n) is 4.30. The molecule has 28 heavy (non-hydrogen) atoms. The van der Waals surface area contributed by atoms with Gasteiger partial charge in [-0.2, -0.15) is 5.10 Å². The number of aliphatic imine (C=N–C) groups is 1. The number of para-hydroxylation sites is 1. The molecule has 1 heterocycles. The highest BCUT2D eigenvalue weighted by atomic mass is 127. The van der Waals surface area contributed by atoms with Gasteiger partial charge in [-0.3, -0.25) is 4.99 Å². The Kier molecular flexibility index (Phi) is 8.31. The van der Waals surface area contributed by atoms with Crippen molar-refractivity contribution in [1.82, 2.24) is 20.0 Å². The van der Waals surface area contributed by atoms with Crippen molar-refractivity contribution in [3.63, 3.8) is 0 Å². The number of guanidine groups is 1. The van der Waals surface area contributed by atoms with Crippen LogP contribution in [-0.2, 0) is 13.1 Å². The SMILES string of the molecule is CN=C(NCc1cccc(-n2cccn2)c1)N(C)Cc1ccccc1OC.I. The zero-order valence-electron chi connectivity index (χ0n) is 16.4. The molecule has 0 spiro atoms. The van der Waals surface area contributed by atoms with E-state index in [1.165, 1.54) is 0 Å². The molecule has 6 nitrogen and oxygen atoms in total. The van der Waals surface area contributed by atoms with E-state index in [-0.39, 0.29) is 24.0 Å². The number of halogens is 1. The van der Waals surface area contributed by atoms with Crippen molar-refractivity contribution < 1.29 is 4.74 Å². The number of hydrogen-bond acceptors (Lipinski definition) is 3. The molecule has 1 aromatic heterocycles. The van der Waals surface area contributed by atoms with Crippen molar-refractivity contribution in [2.24, 2.45) is 4.99 Å². The van der Waals surface area contributed by atoms with Gasteiger partial charge in [0.05, 0.1) is 12.8 Å². The van der Waals surface area contributed by atoms with E-state index < -0.39 is 0 Å². The molecule has 0 aliphatic carbocycles. The number of methoxy groups -OCH3 is 1. The van der Waals surface area contributed by atoms with E-state index in [1.807, 2.05) is 54.3 Å². The third kappa shape index (κ3) is 5.48. The van der Waals surface area contributed by atoms with Crippen molar-refractivity contribution in [2.75, 3.05) is 21.2 Å². The van der Waals surface area contributed by atoms with Crippen LogP contribution < -0.4 is 10.1 Å². The van der Waals surface area contributed by atoms with Gasteiger partial charge in [0.1, 0.15) is 5.75 Å². The largest absolute Gasteiger partial charge is 0.496 e. The molecule has 0 bridgehead atoms. The first kappa shape index (κ1) is 21.7. The second-order valence-electron chi connectivity index (χ2n) is 6.19. The summed E-state index contributed by atoms with van der Waals surface area (Å²) < 4.78 is 7.30. The standard InChI is InChI=1S/C21H25N5O.HI/c1-22-21(25(2)16-18-9-4-5-11-20(18)27-3)23-15-17-8-6-10-19(14-17)26-13-7-12-24-26;/h4-14H,15-16H2,1-3H3,(H,22,23);1H. The molecule has 0 aliphatic heterocycles. The van der Waals surface area contributed by atoms with Crippen molar-refractivity contribution in [3.05, 3.63) is 78.1 Å². The van der Waals surface area contributed by atoms with Gasteiger partial charge in [-0.15, -0.1) is 24.0 Å². The topological polar surface area (TPSA) is 54.7 Å². The first-order valence-electron chi connectivity index (χ1n) is 8.84. The Morgan fingerprint density at radius 2 is 2.00 bits per heavy atom. The lowest BCUT2D eigenvalue weighted by molar-refractivity contribution is 0.396. The van der Waals surface area contributed by atoms with Crippen LogP contribution in [-0.4, -0.2) is 41.8 Å². The molecule has 148 valence electrons. The minimum atomic E-state index is 0. The van der Waals surface area contributed by atoms with E-state index in [0.29, 0.717) is 13.1 Å². The van der Waals surface area contributed by atoms with Crippen LogP contribution in [0.15, 0.2) is 72.0 Å². The summed E-state index contributed by atoms with van der Waals surface area (Å²) in [6.07, 6.45) is 3.71. The predicted molar refractivity (Wildman–Crippen MR) is 124 cm³/mol. The second kappa shape index (κ2) is 10.7. The second-order valence-corrected chi connectivity index (χ2v) is 6.19. The minimum absolute atomic E-state index is 0. The Morgan fingerprint density at radius 3 is 2.71 bits per heavy atom. The van der Waals surface area contributed by atoms with E-state index >= 15 is 0 Å². The average molecular weight is 491 g/mol. The number of ether oxygens (including phenoxy) is 1. The number of nitrogens with zero attached hydrogens (tertiary/aromatic N) is 4. The van der Waals surface area contributed by atoms with Gasteiger partial charge in [0.15, 0.2) is 5.96 Å². The lowest BCUT2D eigenvalue weighted by Crippen LogP contribution is -2.38. The lowest BCUT2D eigenvalue weighted by Gasteiger charge is -2.23. The molecular formula is C21H26IN5O. The maximum atomic E-state index is 5.44. The summed E-state index contributed by atoms with van der Waals surface area (Å²) in [5.41, 5.74) is 3.32. The number of aromatic nitrogens is 2. The van der Waals surface area contributed by atoms with Crippen LogP contribution in [0.25, 0.3) is 5.69 Å². The van der Waals surface area contributed by atoms with Crippen molar-refractivity contribution >= 4 is 29.9 Å². The minimum Gasteiger partial charge on any atom is -0.496 e. The van der Waals surface area contributed by atoms with Crippen LogP contribution in [0.2, 0.25) is 0 Å². The van der Waals surface area contributed by atoms with Crippen molar-refractivity contribution in [3.8, 4) is 11.4 Å². The van der Waals surface area contributed by atoms with Gasteiger partial charge in [0.2, 0.25) is 0 Å². The molecule has 0 saturated carbocycles. The molecule has 0 unspecified atom stereocenters. The molecule has 3 rings (SSSR count). The van der Waals surface area contributed by atoms with E-state index in [4.69, 9.17) is 4.74 Å². The fourth-order valence-electron chi connectivity index (χ4n) is 2.96. The molecule has 2 aromatic carbocycles. The number of hydrogen-bond donors (Lipinski definition) is 1. The van der Waals surface area contributed by atoms with E-state index in [1.54, 1.807) is 20.4 Å². The zero-order chi connectivity index (χ0) is 19.1. The van der Waals surface area contributed by atoms with Crippen LogP contribution in [0.5, 0.6) is 5.75 Å². The normalized spacial score (nSPS) is 10.9. The smallest absolute Gasteiger partial charge is 0.193 e. The van der Waals surface area contributed by atoms with Gasteiger partial charge >= 0.3 is 0 Å². The van der Waals surface area contributed by atoms with Crippen LogP contribution in [0.4, 0.5) is 0 Å². The fourth-order valence-corrected chi connectivity index (χ4v) is 2.96. The average Bonchev–Trinajstić information content (AvgIpc) is 3.24. The zero-order valence-corrected chi connectivity index (χ0v) is 18.7. The van der Waals surface area contributed by atoms with Gasteiger partial charge in [0, 0.05) is 45.1 Å². The van der Waals surface area contributed by atoms with E-state index in [9.17, 15) is 0 Å². The molecule has 0 atom stereocenters. The lowest BCUT2D eigenvalue weighted by atomic mass is 10.2. The van der Waals surface area contributed by atoms with Crippen LogP contribution >= 0.6 is 24.0 Å². The molecule has 0 aliphatic rings. The van der Waals surface area contributed by atoms with Gasteiger partial charge in [-0.05, 0) is 29.8 Å².